The van der Waals surface area contributed by atoms with Gasteiger partial charge in [-0.25, -0.2) is 4.79 Å². The number of aryl methyl sites for hydroxylation is 1. The number of nitrogens with zero attached hydrogens (tertiary/aromatic N) is 1. The lowest BCUT2D eigenvalue weighted by atomic mass is 10.1. The Morgan fingerprint density at radius 2 is 2.00 bits per heavy atom. The third-order valence-electron chi connectivity index (χ3n) is 3.38. The highest BCUT2D eigenvalue weighted by molar-refractivity contribution is 5.69. The summed E-state index contributed by atoms with van der Waals surface area (Å²) in [6, 6.07) is 8.71. The molecule has 1 aromatic rings. The van der Waals surface area contributed by atoms with Crippen molar-refractivity contribution in [1.29, 1.82) is 0 Å². The molecule has 4 heteroatoms. The molecule has 0 saturated carbocycles. The molecule has 1 saturated heterocycles. The lowest BCUT2D eigenvalue weighted by Gasteiger charge is -2.40. The number of likely N-dealkylation sites (tertiary alicyclic amines) is 1. The van der Waals surface area contributed by atoms with Gasteiger partial charge >= 0.3 is 6.09 Å². The monoisotopic (exact) mass is 276 g/mol. The summed E-state index contributed by atoms with van der Waals surface area (Å²) >= 11 is 0. The van der Waals surface area contributed by atoms with Crippen molar-refractivity contribution in [2.45, 2.75) is 45.9 Å². The molecule has 0 spiro atoms. The van der Waals surface area contributed by atoms with E-state index in [4.69, 9.17) is 4.74 Å². The van der Waals surface area contributed by atoms with Gasteiger partial charge in [0.1, 0.15) is 5.60 Å². The molecule has 2 rings (SSSR count). The fraction of sp³-hybridized carbons (Fsp3) is 0.562. The fourth-order valence-corrected chi connectivity index (χ4v) is 2.15. The van der Waals surface area contributed by atoms with E-state index in [1.165, 1.54) is 11.1 Å². The lowest BCUT2D eigenvalue weighted by Crippen LogP contribution is -2.60. The van der Waals surface area contributed by atoms with Crippen molar-refractivity contribution < 1.29 is 9.53 Å². The predicted molar refractivity (Wildman–Crippen MR) is 79.6 cm³/mol. The van der Waals surface area contributed by atoms with Crippen LogP contribution in [0.25, 0.3) is 0 Å². The topological polar surface area (TPSA) is 41.6 Å². The lowest BCUT2D eigenvalue weighted by molar-refractivity contribution is 0.00518. The average Bonchev–Trinajstić information content (AvgIpc) is 2.26. The maximum Gasteiger partial charge on any atom is 0.410 e. The Kier molecular flexibility index (Phi) is 4.33. The number of amides is 1. The Bertz CT molecular complexity index is 474. The molecule has 1 aliphatic heterocycles. The first-order chi connectivity index (χ1) is 9.35. The SMILES string of the molecule is Cc1ccccc1CNC1CN(C(=O)OC(C)(C)C)C1. The van der Waals surface area contributed by atoms with Gasteiger partial charge in [0.25, 0.3) is 0 Å². The number of nitrogens with one attached hydrogen (secondary N) is 1. The van der Waals surface area contributed by atoms with Crippen LogP contribution in [0.4, 0.5) is 4.79 Å². The second kappa shape index (κ2) is 5.83. The second-order valence-corrected chi connectivity index (χ2v) is 6.39. The van der Waals surface area contributed by atoms with Crippen LogP contribution in [-0.2, 0) is 11.3 Å². The zero-order valence-electron chi connectivity index (χ0n) is 12.8. The quantitative estimate of drug-likeness (QED) is 0.923. The van der Waals surface area contributed by atoms with E-state index in [1.54, 1.807) is 4.90 Å². The molecule has 0 radical (unpaired) electrons. The summed E-state index contributed by atoms with van der Waals surface area (Å²) in [4.78, 5) is 13.5. The molecule has 4 nitrogen and oxygen atoms in total. The molecule has 1 amide bonds. The Morgan fingerprint density at radius 3 is 2.60 bits per heavy atom. The van der Waals surface area contributed by atoms with Gasteiger partial charge in [0.15, 0.2) is 0 Å². The molecule has 1 N–H and O–H groups in total. The minimum absolute atomic E-state index is 0.216. The molecule has 0 aromatic heterocycles. The van der Waals surface area contributed by atoms with Crippen LogP contribution in [-0.4, -0.2) is 35.7 Å². The molecule has 0 aliphatic carbocycles. The number of hydrogen-bond acceptors (Lipinski definition) is 3. The first-order valence-corrected chi connectivity index (χ1v) is 7.11. The van der Waals surface area contributed by atoms with E-state index in [0.717, 1.165) is 19.6 Å². The third kappa shape index (κ3) is 3.97. The van der Waals surface area contributed by atoms with Gasteiger partial charge in [0.2, 0.25) is 0 Å². The Labute approximate surface area is 121 Å². The van der Waals surface area contributed by atoms with Crippen molar-refractivity contribution in [3.63, 3.8) is 0 Å². The van der Waals surface area contributed by atoms with E-state index in [0.29, 0.717) is 6.04 Å². The Hall–Kier alpha value is -1.55. The predicted octanol–water partition coefficient (Wildman–Crippen LogP) is 2.70. The van der Waals surface area contributed by atoms with Crippen LogP contribution in [0.15, 0.2) is 24.3 Å². The maximum atomic E-state index is 11.8. The standard InChI is InChI=1S/C16H24N2O2/c1-12-7-5-6-8-13(12)9-17-14-10-18(11-14)15(19)20-16(2,3)4/h5-8,14,17H,9-11H2,1-4H3. The van der Waals surface area contributed by atoms with E-state index in [2.05, 4.69) is 30.4 Å². The van der Waals surface area contributed by atoms with Crippen LogP contribution in [0, 0.1) is 6.92 Å². The molecule has 0 atom stereocenters. The number of hydrogen-bond donors (Lipinski definition) is 1. The minimum Gasteiger partial charge on any atom is -0.444 e. The van der Waals surface area contributed by atoms with Crippen LogP contribution in [0.2, 0.25) is 0 Å². The first kappa shape index (κ1) is 14.9. The molecule has 1 heterocycles. The summed E-state index contributed by atoms with van der Waals surface area (Å²) < 4.78 is 5.33. The van der Waals surface area contributed by atoms with Gasteiger partial charge in [-0.3, -0.25) is 0 Å². The largest absolute Gasteiger partial charge is 0.444 e. The molecule has 1 fully saturated rings. The van der Waals surface area contributed by atoms with Crippen molar-refractivity contribution in [3.05, 3.63) is 35.4 Å². The maximum absolute atomic E-state index is 11.8. The van der Waals surface area contributed by atoms with Crippen LogP contribution in [0.3, 0.4) is 0 Å². The Morgan fingerprint density at radius 1 is 1.35 bits per heavy atom. The van der Waals surface area contributed by atoms with Gasteiger partial charge in [-0.1, -0.05) is 24.3 Å². The summed E-state index contributed by atoms with van der Waals surface area (Å²) in [5.41, 5.74) is 2.18. The van der Waals surface area contributed by atoms with Gasteiger partial charge in [-0.05, 0) is 38.8 Å². The number of benzene rings is 1. The highest BCUT2D eigenvalue weighted by Crippen LogP contribution is 2.16. The number of rotatable bonds is 3. The van der Waals surface area contributed by atoms with Crippen molar-refractivity contribution in [2.24, 2.45) is 0 Å². The van der Waals surface area contributed by atoms with Crippen molar-refractivity contribution in [3.8, 4) is 0 Å². The molecule has 0 unspecified atom stereocenters. The zero-order valence-corrected chi connectivity index (χ0v) is 12.8. The smallest absolute Gasteiger partial charge is 0.410 e. The highest BCUT2D eigenvalue weighted by Gasteiger charge is 2.33. The van der Waals surface area contributed by atoms with Gasteiger partial charge in [-0.15, -0.1) is 0 Å². The highest BCUT2D eigenvalue weighted by atomic mass is 16.6. The molecule has 20 heavy (non-hydrogen) atoms. The summed E-state index contributed by atoms with van der Waals surface area (Å²) in [6.45, 7) is 10.1. The number of carbonyl (C=O) groups excluding carboxylic acids is 1. The molecular weight excluding hydrogens is 252 g/mol. The molecule has 0 bridgehead atoms. The van der Waals surface area contributed by atoms with Gasteiger partial charge in [-0.2, -0.15) is 0 Å². The molecule has 1 aromatic carbocycles. The van der Waals surface area contributed by atoms with Crippen LogP contribution >= 0.6 is 0 Å². The zero-order chi connectivity index (χ0) is 14.8. The first-order valence-electron chi connectivity index (χ1n) is 7.11. The second-order valence-electron chi connectivity index (χ2n) is 6.39. The minimum atomic E-state index is -0.420. The van der Waals surface area contributed by atoms with E-state index in [1.807, 2.05) is 26.8 Å². The third-order valence-corrected chi connectivity index (χ3v) is 3.38. The van der Waals surface area contributed by atoms with Gasteiger partial charge in [0.05, 0.1) is 0 Å². The van der Waals surface area contributed by atoms with Crippen LogP contribution in [0.1, 0.15) is 31.9 Å². The van der Waals surface area contributed by atoms with Crippen molar-refractivity contribution >= 4 is 6.09 Å². The average molecular weight is 276 g/mol. The summed E-state index contributed by atoms with van der Waals surface area (Å²) in [7, 11) is 0. The number of ether oxygens (including phenoxy) is 1. The van der Waals surface area contributed by atoms with E-state index >= 15 is 0 Å². The summed E-state index contributed by atoms with van der Waals surface area (Å²) in [6.07, 6.45) is -0.216. The van der Waals surface area contributed by atoms with Gasteiger partial charge in [0, 0.05) is 25.7 Å². The molecule has 1 aliphatic rings. The van der Waals surface area contributed by atoms with Crippen molar-refractivity contribution in [1.82, 2.24) is 10.2 Å². The van der Waals surface area contributed by atoms with Crippen molar-refractivity contribution in [2.75, 3.05) is 13.1 Å². The number of carbonyl (C=O) groups is 1. The molecular formula is C16H24N2O2. The van der Waals surface area contributed by atoms with Gasteiger partial charge < -0.3 is 15.0 Å². The molecule has 110 valence electrons. The van der Waals surface area contributed by atoms with Crippen LogP contribution < -0.4 is 5.32 Å². The summed E-state index contributed by atoms with van der Waals surface area (Å²) in [5, 5.41) is 3.47. The fourth-order valence-electron chi connectivity index (χ4n) is 2.15. The Balaban J connectivity index is 1.72. The normalized spacial score (nSPS) is 15.9. The van der Waals surface area contributed by atoms with E-state index in [-0.39, 0.29) is 6.09 Å². The van der Waals surface area contributed by atoms with E-state index in [9.17, 15) is 4.79 Å². The van der Waals surface area contributed by atoms with Crippen LogP contribution in [0.5, 0.6) is 0 Å². The summed E-state index contributed by atoms with van der Waals surface area (Å²) in [5.74, 6) is 0. The van der Waals surface area contributed by atoms with E-state index < -0.39 is 5.60 Å².